The second-order valence-corrected chi connectivity index (χ2v) is 7.59. The van der Waals surface area contributed by atoms with Crippen LogP contribution in [0.25, 0.3) is 0 Å². The fourth-order valence-electron chi connectivity index (χ4n) is 3.03. The Hall–Kier alpha value is -1.10. The number of hydrogen-bond acceptors (Lipinski definition) is 3. The van der Waals surface area contributed by atoms with Crippen molar-refractivity contribution in [3.63, 3.8) is 0 Å². The molecule has 0 heterocycles. The van der Waals surface area contributed by atoms with Crippen molar-refractivity contribution in [3.8, 4) is 5.75 Å². The molecule has 0 amide bonds. The van der Waals surface area contributed by atoms with Crippen molar-refractivity contribution in [3.05, 3.63) is 58.1 Å². The maximum absolute atomic E-state index is 12.8. The van der Waals surface area contributed by atoms with Crippen LogP contribution in [-0.4, -0.2) is 37.3 Å². The molecule has 2 aromatic rings. The molecule has 2 rings (SSSR count). The van der Waals surface area contributed by atoms with Crippen molar-refractivity contribution >= 4 is 38.3 Å². The number of carbonyl (C=O) groups is 1. The standard InChI is InChI=1S/C21H27O3P.Li/c1-7-23-17(6)24-18-8-9-19(14(3)12-18)25-21(22)20-15(4)10-13(2)11-16(20)5;/h8-12,17,25H,7H2,1-6H3;. The molecule has 0 aliphatic carbocycles. The van der Waals surface area contributed by atoms with Gasteiger partial charge in [-0.05, 0) is 84.3 Å². The molecule has 0 saturated heterocycles. The largest absolute Gasteiger partial charge is 0.465 e. The first-order valence-electron chi connectivity index (χ1n) is 8.60. The van der Waals surface area contributed by atoms with Crippen molar-refractivity contribution in [2.75, 3.05) is 6.61 Å². The van der Waals surface area contributed by atoms with Crippen molar-refractivity contribution < 1.29 is 14.3 Å². The van der Waals surface area contributed by atoms with E-state index < -0.39 is 0 Å². The molecule has 0 aliphatic rings. The monoisotopic (exact) mass is 365 g/mol. The molecule has 0 aliphatic heterocycles. The molecular weight excluding hydrogens is 338 g/mol. The summed E-state index contributed by atoms with van der Waals surface area (Å²) in [6.45, 7) is 12.5. The third-order valence-electron chi connectivity index (χ3n) is 4.05. The van der Waals surface area contributed by atoms with E-state index in [0.29, 0.717) is 6.61 Å². The van der Waals surface area contributed by atoms with Crippen LogP contribution in [0.15, 0.2) is 30.3 Å². The van der Waals surface area contributed by atoms with Crippen LogP contribution in [0.2, 0.25) is 0 Å². The zero-order valence-electron chi connectivity index (χ0n) is 16.9. The molecule has 1 radical (unpaired) electrons. The first kappa shape index (κ1) is 22.9. The van der Waals surface area contributed by atoms with Gasteiger partial charge in [0.1, 0.15) is 5.75 Å². The van der Waals surface area contributed by atoms with Crippen molar-refractivity contribution in [2.24, 2.45) is 0 Å². The molecule has 2 atom stereocenters. The molecule has 2 unspecified atom stereocenters. The average Bonchev–Trinajstić information content (AvgIpc) is 2.49. The molecule has 0 N–H and O–H groups in total. The van der Waals surface area contributed by atoms with Crippen LogP contribution >= 0.6 is 8.58 Å². The van der Waals surface area contributed by atoms with E-state index in [2.05, 4.69) is 19.1 Å². The van der Waals surface area contributed by atoms with E-state index >= 15 is 0 Å². The summed E-state index contributed by atoms with van der Waals surface area (Å²) in [7, 11) is 0.111. The van der Waals surface area contributed by atoms with Crippen LogP contribution in [0, 0.1) is 27.7 Å². The summed E-state index contributed by atoms with van der Waals surface area (Å²) in [6, 6.07) is 10.0. The minimum absolute atomic E-state index is 0. The van der Waals surface area contributed by atoms with E-state index in [1.165, 1.54) is 5.56 Å². The Morgan fingerprint density at radius 2 is 1.65 bits per heavy atom. The average molecular weight is 365 g/mol. The van der Waals surface area contributed by atoms with Crippen LogP contribution in [0.1, 0.15) is 46.5 Å². The van der Waals surface area contributed by atoms with Gasteiger partial charge in [-0.3, -0.25) is 4.79 Å². The first-order chi connectivity index (χ1) is 11.8. The SMILES string of the molecule is CCOC(C)Oc1ccc(PC(=O)c2c(C)cc(C)cc2C)c(C)c1.[Li]. The maximum atomic E-state index is 12.8. The molecule has 0 saturated carbocycles. The maximum Gasteiger partial charge on any atom is 0.196 e. The zero-order valence-corrected chi connectivity index (χ0v) is 17.9. The van der Waals surface area contributed by atoms with Crippen molar-refractivity contribution in [1.82, 2.24) is 0 Å². The summed E-state index contributed by atoms with van der Waals surface area (Å²) in [5.41, 5.74) is 5.41. The van der Waals surface area contributed by atoms with Gasteiger partial charge in [-0.15, -0.1) is 0 Å². The van der Waals surface area contributed by atoms with Gasteiger partial charge in [0.2, 0.25) is 0 Å². The number of hydrogen-bond donors (Lipinski definition) is 0. The van der Waals surface area contributed by atoms with E-state index in [0.717, 1.165) is 33.3 Å². The topological polar surface area (TPSA) is 35.5 Å². The fourth-order valence-corrected chi connectivity index (χ4v) is 4.23. The van der Waals surface area contributed by atoms with Gasteiger partial charge in [0.25, 0.3) is 0 Å². The number of rotatable bonds is 7. The number of aryl methyl sites for hydroxylation is 4. The predicted octanol–water partition coefficient (Wildman–Crippen LogP) is 4.44. The summed E-state index contributed by atoms with van der Waals surface area (Å²) in [6.07, 6.45) is -0.280. The van der Waals surface area contributed by atoms with Gasteiger partial charge in [-0.1, -0.05) is 23.8 Å². The summed E-state index contributed by atoms with van der Waals surface area (Å²) in [5, 5.41) is 1.06. The molecule has 0 fully saturated rings. The van der Waals surface area contributed by atoms with Gasteiger partial charge in [0, 0.05) is 31.0 Å². The quantitative estimate of drug-likeness (QED) is 0.413. The molecule has 2 aromatic carbocycles. The molecule has 5 heteroatoms. The van der Waals surface area contributed by atoms with Gasteiger partial charge in [-0.2, -0.15) is 0 Å². The minimum Gasteiger partial charge on any atom is -0.465 e. The zero-order chi connectivity index (χ0) is 18.6. The molecule has 26 heavy (non-hydrogen) atoms. The Balaban J connectivity index is 0.00000338. The number of ether oxygens (including phenoxy) is 2. The van der Waals surface area contributed by atoms with E-state index in [9.17, 15) is 4.79 Å². The van der Waals surface area contributed by atoms with E-state index in [4.69, 9.17) is 9.47 Å². The fraction of sp³-hybridized carbons (Fsp3) is 0.381. The first-order valence-corrected chi connectivity index (χ1v) is 9.60. The second kappa shape index (κ2) is 10.3. The number of carbonyl (C=O) groups excluding carboxylic acids is 1. The molecule has 0 spiro atoms. The Kier molecular flexibility index (Phi) is 9.08. The molecule has 135 valence electrons. The van der Waals surface area contributed by atoms with Crippen molar-refractivity contribution in [2.45, 2.75) is 47.8 Å². The van der Waals surface area contributed by atoms with E-state index in [1.54, 1.807) is 0 Å². The van der Waals surface area contributed by atoms with Crippen molar-refractivity contribution in [1.29, 1.82) is 0 Å². The van der Waals surface area contributed by atoms with Gasteiger partial charge < -0.3 is 9.47 Å². The van der Waals surface area contributed by atoms with Crippen LogP contribution in [0.4, 0.5) is 0 Å². The Labute approximate surface area is 170 Å². The molecule has 3 nitrogen and oxygen atoms in total. The molecular formula is C21H27LiO3P. The summed E-state index contributed by atoms with van der Waals surface area (Å²) in [5.74, 6) is 0.766. The van der Waals surface area contributed by atoms with Crippen LogP contribution in [-0.2, 0) is 4.74 Å². The third-order valence-corrected chi connectivity index (χ3v) is 5.36. The summed E-state index contributed by atoms with van der Waals surface area (Å²) < 4.78 is 11.1. The predicted molar refractivity (Wildman–Crippen MR) is 112 cm³/mol. The van der Waals surface area contributed by atoms with Gasteiger partial charge in [-0.25, -0.2) is 0 Å². The van der Waals surface area contributed by atoms with Crippen LogP contribution in [0.3, 0.4) is 0 Å². The van der Waals surface area contributed by atoms with Crippen LogP contribution in [0.5, 0.6) is 5.75 Å². The van der Waals surface area contributed by atoms with Gasteiger partial charge >= 0.3 is 0 Å². The molecule has 0 bridgehead atoms. The minimum atomic E-state index is -0.280. The van der Waals surface area contributed by atoms with Crippen LogP contribution < -0.4 is 10.0 Å². The normalized spacial score (nSPS) is 12.1. The van der Waals surface area contributed by atoms with Gasteiger partial charge in [0.15, 0.2) is 11.8 Å². The Bertz CT molecular complexity index is 751. The van der Waals surface area contributed by atoms with Gasteiger partial charge in [0.05, 0.1) is 0 Å². The second-order valence-electron chi connectivity index (χ2n) is 6.35. The van der Waals surface area contributed by atoms with E-state index in [1.807, 2.05) is 52.8 Å². The van der Waals surface area contributed by atoms with E-state index in [-0.39, 0.29) is 39.3 Å². The molecule has 0 aromatic heterocycles. The summed E-state index contributed by atoms with van der Waals surface area (Å²) in [4.78, 5) is 12.8. The Morgan fingerprint density at radius 3 is 2.19 bits per heavy atom. The Morgan fingerprint density at radius 1 is 1.04 bits per heavy atom. The smallest absolute Gasteiger partial charge is 0.196 e. The summed E-state index contributed by atoms with van der Waals surface area (Å²) >= 11 is 0. The number of benzene rings is 2. The third kappa shape index (κ3) is 5.97.